The highest BCUT2D eigenvalue weighted by Crippen LogP contribution is 2.25. The Hall–Kier alpha value is -1.10. The number of benzene rings is 1. The summed E-state index contributed by atoms with van der Waals surface area (Å²) in [5, 5.41) is 2.52. The second-order valence-electron chi connectivity index (χ2n) is 3.20. The molecule has 0 aliphatic rings. The Morgan fingerprint density at radius 1 is 1.56 bits per heavy atom. The maximum absolute atomic E-state index is 12.9. The summed E-state index contributed by atoms with van der Waals surface area (Å²) >= 11 is 3.25. The van der Waals surface area contributed by atoms with E-state index in [4.69, 9.17) is 4.74 Å². The fourth-order valence-electron chi connectivity index (χ4n) is 1.13. The summed E-state index contributed by atoms with van der Waals surface area (Å²) in [6.45, 7) is 0.384. The third-order valence-electron chi connectivity index (χ3n) is 1.98. The molecule has 5 heteroatoms. The molecule has 1 N–H and O–H groups in total. The zero-order valence-corrected chi connectivity index (χ0v) is 10.5. The van der Waals surface area contributed by atoms with Crippen LogP contribution >= 0.6 is 15.9 Å². The van der Waals surface area contributed by atoms with Crippen LogP contribution in [0.5, 0.6) is 5.75 Å². The molecule has 1 aromatic carbocycles. The smallest absolute Gasteiger partial charge is 0.219 e. The van der Waals surface area contributed by atoms with Crippen molar-refractivity contribution < 1.29 is 13.9 Å². The number of hydrogen-bond acceptors (Lipinski definition) is 2. The Morgan fingerprint density at radius 2 is 2.31 bits per heavy atom. The van der Waals surface area contributed by atoms with Crippen LogP contribution in [0.1, 0.15) is 12.8 Å². The number of halogens is 2. The molecule has 0 heterocycles. The lowest BCUT2D eigenvalue weighted by molar-refractivity contribution is -0.120. The van der Waals surface area contributed by atoms with E-state index in [-0.39, 0.29) is 11.7 Å². The van der Waals surface area contributed by atoms with Crippen LogP contribution in [0.2, 0.25) is 0 Å². The molecular formula is C11H13BrFNO2. The summed E-state index contributed by atoms with van der Waals surface area (Å²) < 4.78 is 18.9. The fourth-order valence-corrected chi connectivity index (χ4v) is 1.49. The number of ether oxygens (including phenoxy) is 1. The Kier molecular flexibility index (Phi) is 5.25. The lowest BCUT2D eigenvalue weighted by Gasteiger charge is -2.07. The van der Waals surface area contributed by atoms with Crippen LogP contribution in [0.3, 0.4) is 0 Å². The maximum atomic E-state index is 12.9. The van der Waals surface area contributed by atoms with Crippen LogP contribution < -0.4 is 10.1 Å². The number of carbonyl (C=O) groups excluding carboxylic acids is 1. The topological polar surface area (TPSA) is 38.3 Å². The van der Waals surface area contributed by atoms with E-state index in [1.165, 1.54) is 12.1 Å². The van der Waals surface area contributed by atoms with Crippen molar-refractivity contribution in [3.05, 3.63) is 28.5 Å². The monoisotopic (exact) mass is 289 g/mol. The molecule has 1 aromatic rings. The molecule has 0 spiro atoms. The van der Waals surface area contributed by atoms with E-state index in [9.17, 15) is 9.18 Å². The SMILES string of the molecule is CNC(=O)CCCOc1cc(F)ccc1Br. The molecule has 0 fully saturated rings. The molecule has 1 amide bonds. The number of rotatable bonds is 5. The van der Waals surface area contributed by atoms with Crippen LogP contribution in [0.25, 0.3) is 0 Å². The van der Waals surface area contributed by atoms with Gasteiger partial charge < -0.3 is 10.1 Å². The van der Waals surface area contributed by atoms with Crippen molar-refractivity contribution in [3.63, 3.8) is 0 Å². The zero-order valence-electron chi connectivity index (χ0n) is 8.93. The molecule has 0 saturated heterocycles. The summed E-state index contributed by atoms with van der Waals surface area (Å²) in [4.78, 5) is 10.9. The maximum Gasteiger partial charge on any atom is 0.219 e. The molecule has 0 saturated carbocycles. The summed E-state index contributed by atoms with van der Waals surface area (Å²) in [6.07, 6.45) is 1.01. The Morgan fingerprint density at radius 3 is 3.00 bits per heavy atom. The van der Waals surface area contributed by atoms with Gasteiger partial charge in [-0.05, 0) is 34.5 Å². The normalized spacial score (nSPS) is 9.94. The molecule has 0 unspecified atom stereocenters. The molecule has 0 aliphatic heterocycles. The van der Waals surface area contributed by atoms with Gasteiger partial charge in [-0.1, -0.05) is 0 Å². The van der Waals surface area contributed by atoms with Gasteiger partial charge in [-0.3, -0.25) is 4.79 Å². The van der Waals surface area contributed by atoms with Crippen molar-refractivity contribution in [2.24, 2.45) is 0 Å². The molecule has 0 aliphatic carbocycles. The first kappa shape index (κ1) is 13.0. The lowest BCUT2D eigenvalue weighted by Crippen LogP contribution is -2.18. The molecule has 88 valence electrons. The minimum Gasteiger partial charge on any atom is -0.492 e. The van der Waals surface area contributed by atoms with Crippen LogP contribution in [-0.2, 0) is 4.79 Å². The highest BCUT2D eigenvalue weighted by molar-refractivity contribution is 9.10. The van der Waals surface area contributed by atoms with Gasteiger partial charge in [0.25, 0.3) is 0 Å². The fraction of sp³-hybridized carbons (Fsp3) is 0.364. The van der Waals surface area contributed by atoms with Crippen LogP contribution in [-0.4, -0.2) is 19.6 Å². The highest BCUT2D eigenvalue weighted by atomic mass is 79.9. The van der Waals surface area contributed by atoms with E-state index in [0.717, 1.165) is 0 Å². The van der Waals surface area contributed by atoms with Crippen molar-refractivity contribution in [3.8, 4) is 5.75 Å². The average Bonchev–Trinajstić information content (AvgIpc) is 2.28. The van der Waals surface area contributed by atoms with Gasteiger partial charge in [0.05, 0.1) is 11.1 Å². The Labute approximate surface area is 102 Å². The van der Waals surface area contributed by atoms with Gasteiger partial charge in [0.2, 0.25) is 5.91 Å². The van der Waals surface area contributed by atoms with Crippen molar-refractivity contribution >= 4 is 21.8 Å². The van der Waals surface area contributed by atoms with Crippen LogP contribution in [0.4, 0.5) is 4.39 Å². The average molecular weight is 290 g/mol. The van der Waals surface area contributed by atoms with Gasteiger partial charge >= 0.3 is 0 Å². The standard InChI is InChI=1S/C11H13BrFNO2/c1-14-11(15)3-2-6-16-10-7-8(13)4-5-9(10)12/h4-5,7H,2-3,6H2,1H3,(H,14,15). The molecule has 0 aromatic heterocycles. The summed E-state index contributed by atoms with van der Waals surface area (Å²) in [6, 6.07) is 4.24. The first-order chi connectivity index (χ1) is 7.63. The lowest BCUT2D eigenvalue weighted by atomic mass is 10.3. The van der Waals surface area contributed by atoms with Crippen LogP contribution in [0, 0.1) is 5.82 Å². The second-order valence-corrected chi connectivity index (χ2v) is 4.05. The Balaban J connectivity index is 2.37. The molecular weight excluding hydrogens is 277 g/mol. The zero-order chi connectivity index (χ0) is 12.0. The van der Waals surface area contributed by atoms with Gasteiger partial charge in [-0.15, -0.1) is 0 Å². The second kappa shape index (κ2) is 6.48. The summed E-state index contributed by atoms with van der Waals surface area (Å²) in [5.74, 6) is 0.0864. The van der Waals surface area contributed by atoms with E-state index in [0.29, 0.717) is 29.7 Å². The number of hydrogen-bond donors (Lipinski definition) is 1. The highest BCUT2D eigenvalue weighted by Gasteiger charge is 2.03. The summed E-state index contributed by atoms with van der Waals surface area (Å²) in [7, 11) is 1.59. The van der Waals surface area contributed by atoms with Gasteiger partial charge in [-0.25, -0.2) is 4.39 Å². The van der Waals surface area contributed by atoms with E-state index in [2.05, 4.69) is 21.2 Å². The van der Waals surface area contributed by atoms with E-state index in [1.807, 2.05) is 0 Å². The third kappa shape index (κ3) is 4.18. The van der Waals surface area contributed by atoms with Gasteiger partial charge in [-0.2, -0.15) is 0 Å². The van der Waals surface area contributed by atoms with Crippen molar-refractivity contribution in [1.29, 1.82) is 0 Å². The third-order valence-corrected chi connectivity index (χ3v) is 2.63. The van der Waals surface area contributed by atoms with Crippen molar-refractivity contribution in [1.82, 2.24) is 5.32 Å². The quantitative estimate of drug-likeness (QED) is 0.846. The van der Waals surface area contributed by atoms with Crippen LogP contribution in [0.15, 0.2) is 22.7 Å². The first-order valence-corrected chi connectivity index (χ1v) is 5.71. The number of amides is 1. The van der Waals surface area contributed by atoms with E-state index >= 15 is 0 Å². The minimum atomic E-state index is -0.343. The van der Waals surface area contributed by atoms with Crippen molar-refractivity contribution in [2.45, 2.75) is 12.8 Å². The molecule has 3 nitrogen and oxygen atoms in total. The number of carbonyl (C=O) groups is 1. The van der Waals surface area contributed by atoms with Gasteiger partial charge in [0.1, 0.15) is 11.6 Å². The van der Waals surface area contributed by atoms with E-state index < -0.39 is 0 Å². The molecule has 0 atom stereocenters. The van der Waals surface area contributed by atoms with Crippen molar-refractivity contribution in [2.75, 3.05) is 13.7 Å². The van der Waals surface area contributed by atoms with Gasteiger partial charge in [0, 0.05) is 19.5 Å². The van der Waals surface area contributed by atoms with E-state index in [1.54, 1.807) is 13.1 Å². The minimum absolute atomic E-state index is 0.0260. The largest absolute Gasteiger partial charge is 0.492 e. The first-order valence-electron chi connectivity index (χ1n) is 4.92. The predicted molar refractivity (Wildman–Crippen MR) is 62.9 cm³/mol. The predicted octanol–water partition coefficient (Wildman–Crippen LogP) is 2.49. The Bertz CT molecular complexity index is 371. The summed E-state index contributed by atoms with van der Waals surface area (Å²) in [5.41, 5.74) is 0. The van der Waals surface area contributed by atoms with Gasteiger partial charge in [0.15, 0.2) is 0 Å². The molecule has 0 radical (unpaired) electrons. The molecule has 0 bridgehead atoms. The number of nitrogens with one attached hydrogen (secondary N) is 1. The molecule has 1 rings (SSSR count). The molecule has 16 heavy (non-hydrogen) atoms.